The van der Waals surface area contributed by atoms with E-state index in [0.717, 1.165) is 12.8 Å². The molecule has 1 aliphatic carbocycles. The summed E-state index contributed by atoms with van der Waals surface area (Å²) >= 11 is 0. The second kappa shape index (κ2) is 6.63. The maximum absolute atomic E-state index is 10.5. The van der Waals surface area contributed by atoms with Crippen molar-refractivity contribution < 1.29 is 4.79 Å². The van der Waals surface area contributed by atoms with Crippen LogP contribution in [0.3, 0.4) is 0 Å². The van der Waals surface area contributed by atoms with Crippen LogP contribution in [-0.2, 0) is 4.79 Å². The number of rotatable bonds is 6. The molecule has 1 amide bonds. The number of nitrogens with two attached hydrogens (primary N) is 1. The lowest BCUT2D eigenvalue weighted by molar-refractivity contribution is -0.118. The van der Waals surface area contributed by atoms with Crippen LogP contribution >= 0.6 is 0 Å². The lowest BCUT2D eigenvalue weighted by Gasteiger charge is -2.11. The van der Waals surface area contributed by atoms with Crippen molar-refractivity contribution in [3.05, 3.63) is 11.6 Å². The average molecular weight is 195 g/mol. The maximum atomic E-state index is 10.5. The predicted octanol–water partition coefficient (Wildman–Crippen LogP) is 2.92. The van der Waals surface area contributed by atoms with Crippen LogP contribution in [0.5, 0.6) is 0 Å². The van der Waals surface area contributed by atoms with E-state index >= 15 is 0 Å². The van der Waals surface area contributed by atoms with Gasteiger partial charge in [0, 0.05) is 6.42 Å². The van der Waals surface area contributed by atoms with Crippen LogP contribution in [0.2, 0.25) is 0 Å². The Bertz CT molecular complexity index is 208. The topological polar surface area (TPSA) is 43.1 Å². The molecule has 0 spiro atoms. The minimum absolute atomic E-state index is 0.165. The van der Waals surface area contributed by atoms with Crippen LogP contribution in [0.25, 0.3) is 0 Å². The molecule has 0 saturated heterocycles. The highest BCUT2D eigenvalue weighted by atomic mass is 16.1. The van der Waals surface area contributed by atoms with Gasteiger partial charge in [-0.25, -0.2) is 0 Å². The fourth-order valence-corrected chi connectivity index (χ4v) is 1.96. The van der Waals surface area contributed by atoms with Crippen molar-refractivity contribution in [3.8, 4) is 0 Å². The SMILES string of the molecule is NC(=O)CCCCCC1=CCCCC1. The first-order valence-electron chi connectivity index (χ1n) is 5.75. The number of primary amides is 1. The zero-order valence-electron chi connectivity index (χ0n) is 8.93. The fourth-order valence-electron chi connectivity index (χ4n) is 1.96. The van der Waals surface area contributed by atoms with Gasteiger partial charge >= 0.3 is 0 Å². The number of carbonyl (C=O) groups is 1. The van der Waals surface area contributed by atoms with E-state index in [4.69, 9.17) is 5.73 Å². The Balaban J connectivity index is 1.98. The summed E-state index contributed by atoms with van der Waals surface area (Å²) in [4.78, 5) is 10.5. The van der Waals surface area contributed by atoms with Crippen LogP contribution in [0.15, 0.2) is 11.6 Å². The van der Waals surface area contributed by atoms with E-state index in [-0.39, 0.29) is 5.91 Å². The Morgan fingerprint density at radius 2 is 2.14 bits per heavy atom. The first-order valence-corrected chi connectivity index (χ1v) is 5.75. The molecule has 0 unspecified atom stereocenters. The zero-order valence-corrected chi connectivity index (χ0v) is 8.93. The molecule has 1 rings (SSSR count). The van der Waals surface area contributed by atoms with E-state index in [2.05, 4.69) is 6.08 Å². The number of hydrogen-bond acceptors (Lipinski definition) is 1. The van der Waals surface area contributed by atoms with Crippen molar-refractivity contribution in [3.63, 3.8) is 0 Å². The molecule has 0 aromatic heterocycles. The van der Waals surface area contributed by atoms with Crippen LogP contribution in [0.1, 0.15) is 57.8 Å². The molecule has 1 aliphatic rings. The van der Waals surface area contributed by atoms with Crippen molar-refractivity contribution in [2.75, 3.05) is 0 Å². The second-order valence-corrected chi connectivity index (χ2v) is 4.14. The lowest BCUT2D eigenvalue weighted by Crippen LogP contribution is -2.09. The molecule has 0 heterocycles. The summed E-state index contributed by atoms with van der Waals surface area (Å²) in [5, 5.41) is 0. The minimum atomic E-state index is -0.165. The first-order chi connectivity index (χ1) is 6.79. The molecule has 2 heteroatoms. The summed E-state index contributed by atoms with van der Waals surface area (Å²) < 4.78 is 0. The van der Waals surface area contributed by atoms with Crippen molar-refractivity contribution in [1.82, 2.24) is 0 Å². The van der Waals surface area contributed by atoms with Gasteiger partial charge in [-0.3, -0.25) is 4.79 Å². The summed E-state index contributed by atoms with van der Waals surface area (Å²) in [6.45, 7) is 0. The standard InChI is InChI=1S/C12H21NO/c13-12(14)10-6-2-5-9-11-7-3-1-4-8-11/h7H,1-6,8-10H2,(H2,13,14). The number of allylic oxidation sites excluding steroid dienone is 2. The summed E-state index contributed by atoms with van der Waals surface area (Å²) in [7, 11) is 0. The van der Waals surface area contributed by atoms with Crippen molar-refractivity contribution >= 4 is 5.91 Å². The van der Waals surface area contributed by atoms with Crippen LogP contribution in [0.4, 0.5) is 0 Å². The molecule has 0 atom stereocenters. The van der Waals surface area contributed by atoms with E-state index < -0.39 is 0 Å². The van der Waals surface area contributed by atoms with E-state index in [9.17, 15) is 4.79 Å². The van der Waals surface area contributed by atoms with Crippen LogP contribution in [-0.4, -0.2) is 5.91 Å². The maximum Gasteiger partial charge on any atom is 0.217 e. The van der Waals surface area contributed by atoms with Gasteiger partial charge in [-0.05, 0) is 44.9 Å². The summed E-state index contributed by atoms with van der Waals surface area (Å²) in [6.07, 6.45) is 12.8. The molecule has 80 valence electrons. The van der Waals surface area contributed by atoms with Gasteiger partial charge in [0.2, 0.25) is 5.91 Å². The third-order valence-corrected chi connectivity index (χ3v) is 2.81. The van der Waals surface area contributed by atoms with Gasteiger partial charge < -0.3 is 5.73 Å². The monoisotopic (exact) mass is 195 g/mol. The van der Waals surface area contributed by atoms with Gasteiger partial charge in [0.25, 0.3) is 0 Å². The number of amides is 1. The van der Waals surface area contributed by atoms with Crippen LogP contribution < -0.4 is 5.73 Å². The number of carbonyl (C=O) groups excluding carboxylic acids is 1. The van der Waals surface area contributed by atoms with Crippen molar-refractivity contribution in [2.45, 2.75) is 57.8 Å². The molecule has 14 heavy (non-hydrogen) atoms. The molecule has 0 saturated carbocycles. The molecule has 0 aliphatic heterocycles. The Morgan fingerprint density at radius 3 is 2.79 bits per heavy atom. The van der Waals surface area contributed by atoms with E-state index in [1.54, 1.807) is 5.57 Å². The highest BCUT2D eigenvalue weighted by Gasteiger charge is 2.03. The molecule has 0 aromatic rings. The Kier molecular flexibility index (Phi) is 5.35. The molecular formula is C12H21NO. The largest absolute Gasteiger partial charge is 0.370 e. The third kappa shape index (κ3) is 5.05. The molecule has 0 aromatic carbocycles. The summed E-state index contributed by atoms with van der Waals surface area (Å²) in [5.41, 5.74) is 6.70. The van der Waals surface area contributed by atoms with Gasteiger partial charge in [0.15, 0.2) is 0 Å². The Hall–Kier alpha value is -0.790. The molecular weight excluding hydrogens is 174 g/mol. The van der Waals surface area contributed by atoms with Crippen molar-refractivity contribution in [2.24, 2.45) is 5.73 Å². The van der Waals surface area contributed by atoms with Crippen molar-refractivity contribution in [1.29, 1.82) is 0 Å². The molecule has 0 radical (unpaired) electrons. The minimum Gasteiger partial charge on any atom is -0.370 e. The average Bonchev–Trinajstić information content (AvgIpc) is 2.18. The highest BCUT2D eigenvalue weighted by molar-refractivity contribution is 5.73. The normalized spacial score (nSPS) is 16.4. The summed E-state index contributed by atoms with van der Waals surface area (Å²) in [6, 6.07) is 0. The Morgan fingerprint density at radius 1 is 1.29 bits per heavy atom. The first kappa shape index (κ1) is 11.3. The van der Waals surface area contributed by atoms with Gasteiger partial charge in [-0.15, -0.1) is 0 Å². The lowest BCUT2D eigenvalue weighted by atomic mass is 9.95. The molecule has 2 N–H and O–H groups in total. The molecule has 2 nitrogen and oxygen atoms in total. The quantitative estimate of drug-likeness (QED) is 0.514. The van der Waals surface area contributed by atoms with Crippen LogP contribution in [0, 0.1) is 0 Å². The van der Waals surface area contributed by atoms with Gasteiger partial charge in [0.05, 0.1) is 0 Å². The smallest absolute Gasteiger partial charge is 0.217 e. The second-order valence-electron chi connectivity index (χ2n) is 4.14. The molecule has 0 bridgehead atoms. The number of unbranched alkanes of at least 4 members (excludes halogenated alkanes) is 2. The van der Waals surface area contributed by atoms with Gasteiger partial charge in [-0.1, -0.05) is 18.1 Å². The predicted molar refractivity (Wildman–Crippen MR) is 58.8 cm³/mol. The van der Waals surface area contributed by atoms with E-state index in [1.165, 1.54) is 38.5 Å². The number of hydrogen-bond donors (Lipinski definition) is 1. The Labute approximate surface area is 86.6 Å². The van der Waals surface area contributed by atoms with Gasteiger partial charge in [-0.2, -0.15) is 0 Å². The van der Waals surface area contributed by atoms with E-state index in [1.807, 2.05) is 0 Å². The van der Waals surface area contributed by atoms with Gasteiger partial charge in [0.1, 0.15) is 0 Å². The fraction of sp³-hybridized carbons (Fsp3) is 0.750. The zero-order chi connectivity index (χ0) is 10.2. The third-order valence-electron chi connectivity index (χ3n) is 2.81. The highest BCUT2D eigenvalue weighted by Crippen LogP contribution is 2.22. The summed E-state index contributed by atoms with van der Waals surface area (Å²) in [5.74, 6) is -0.165. The van der Waals surface area contributed by atoms with E-state index in [0.29, 0.717) is 6.42 Å². The molecule has 0 fully saturated rings.